The minimum Gasteiger partial charge on any atom is -0.743 e. The molecule has 0 spiro atoms. The number of nitrogens with zero attached hydrogens (tertiary/aromatic N) is 2. The molecule has 3 N–H and O–H groups in total. The van der Waals surface area contributed by atoms with Crippen LogP contribution in [0.3, 0.4) is 0 Å². The fourth-order valence-electron chi connectivity index (χ4n) is 11.2. The van der Waals surface area contributed by atoms with E-state index >= 15 is 0 Å². The number of carbonyl (C=O) groups is 6. The predicted octanol–water partition coefficient (Wildman–Crippen LogP) is 5.17. The van der Waals surface area contributed by atoms with Gasteiger partial charge in [0.25, 0.3) is 6.10 Å². The highest BCUT2D eigenvalue weighted by atomic mass is 32.2. The summed E-state index contributed by atoms with van der Waals surface area (Å²) in [7, 11) is -0.115. The van der Waals surface area contributed by atoms with Crippen LogP contribution in [0.25, 0.3) is 0 Å². The maximum Gasteiger partial charge on any atom is 0.432 e. The molecule has 87 heavy (non-hydrogen) atoms. The number of alkyl halides is 10. The van der Waals surface area contributed by atoms with Gasteiger partial charge >= 0.3 is 46.7 Å². The molecular formula is C54H72F10N4O17S2. The number of aliphatic hydroxyl groups is 1. The Balaban J connectivity index is 0.000000249. The molecule has 12 atom stereocenters. The standard InChI is InChI=1S/C16H23NO5.C15H16F5NO8S.2C10H16N.C3H3F5O4S/c1-16(2,3)22-11(18)4-5-17-14(19)12-8-6-9-10(7-8)21-15(20)13(9)12;16-14(17,18)13(15(19,20)30(25,26)27)29-8(22)1-2-21-11(23)9-5-3-6-7(4-5)28-12(24)10(6)9;2*1-11(2,3)9-10-7-5-4-6-8-10;4-2(5,6)1(9)3(7,8)13(10,11)12/h8-10,12-13H,4-7H2,1-3H3,(H,17,19);5-7,9-10,13H,1-4H2,(H,21,23)(H,25,26,27);2*4-8H,9H2,1-3H3;1,9H,(H,10,11,12)/q;;2*+1;/p-2. The summed E-state index contributed by atoms with van der Waals surface area (Å²) in [5.41, 5.74) is 2.29. The SMILES string of the molecule is CC(C)(C)OC(=O)CCNC(=O)C1C2CC3OC(=O)C1C3C2.C[N+](C)(C)Cc1ccccc1.C[N+](C)(C)Cc1ccccc1.O=C(CCNC(=O)C1C2CC3OC(=O)C1C3C2)OC(C(F)(F)F)C(F)(F)S(=O)(=O)[O-].O=S(=O)([O-])C(F)(F)C(O)C(F)(F)F. The molecule has 492 valence electrons. The minimum atomic E-state index is -6.78. The smallest absolute Gasteiger partial charge is 0.432 e. The van der Waals surface area contributed by atoms with Crippen LogP contribution in [0.4, 0.5) is 43.9 Å². The molecule has 8 rings (SSSR count). The fourth-order valence-corrected chi connectivity index (χ4v) is 12.0. The molecule has 2 amide bonds. The molecule has 0 radical (unpaired) electrons. The molecule has 2 aromatic carbocycles. The van der Waals surface area contributed by atoms with Gasteiger partial charge in [-0.25, -0.2) is 16.8 Å². The lowest BCUT2D eigenvalue weighted by Crippen LogP contribution is -2.52. The Labute approximate surface area is 496 Å². The van der Waals surface area contributed by atoms with E-state index in [2.05, 4.69) is 118 Å². The van der Waals surface area contributed by atoms with Gasteiger partial charge in [-0.15, -0.1) is 0 Å². The van der Waals surface area contributed by atoms with Crippen LogP contribution in [0, 0.1) is 47.3 Å². The Kier molecular flexibility index (Phi) is 23.7. The number of ether oxygens (including phenoxy) is 4. The number of fused-ring (bicyclic) bond motifs is 2. The Bertz CT molecular complexity index is 2900. The second kappa shape index (κ2) is 28.0. The Hall–Kier alpha value is -5.74. The lowest BCUT2D eigenvalue weighted by Gasteiger charge is -2.29. The van der Waals surface area contributed by atoms with E-state index < -0.39 is 104 Å². The van der Waals surface area contributed by atoms with E-state index in [9.17, 15) is 98.6 Å². The van der Waals surface area contributed by atoms with Crippen LogP contribution in [0.5, 0.6) is 0 Å². The van der Waals surface area contributed by atoms with Crippen LogP contribution in [0.2, 0.25) is 0 Å². The summed E-state index contributed by atoms with van der Waals surface area (Å²) in [6.07, 6.45) is -19.2. The number of aliphatic hydroxyl groups excluding tert-OH is 1. The van der Waals surface area contributed by atoms with Crippen LogP contribution in [-0.4, -0.2) is 184 Å². The highest BCUT2D eigenvalue weighted by Gasteiger charge is 2.66. The molecule has 2 aliphatic heterocycles. The number of amides is 2. The van der Waals surface area contributed by atoms with Crippen molar-refractivity contribution < 1.29 is 132 Å². The van der Waals surface area contributed by atoms with Gasteiger partial charge in [-0.05, 0) is 58.3 Å². The number of rotatable bonds is 17. The summed E-state index contributed by atoms with van der Waals surface area (Å²) in [4.78, 5) is 71.5. The Morgan fingerprint density at radius 3 is 1.25 bits per heavy atom. The summed E-state index contributed by atoms with van der Waals surface area (Å²) in [5, 5.41) is 1.09. The quantitative estimate of drug-likeness (QED) is 0.0605. The number of carbonyl (C=O) groups excluding carboxylic acids is 6. The van der Waals surface area contributed by atoms with E-state index in [0.717, 1.165) is 34.9 Å². The van der Waals surface area contributed by atoms with E-state index in [4.69, 9.17) is 19.3 Å². The Morgan fingerprint density at radius 2 is 0.954 bits per heavy atom. The summed E-state index contributed by atoms with van der Waals surface area (Å²) in [6.45, 7) is 7.24. The highest BCUT2D eigenvalue weighted by molar-refractivity contribution is 7.87. The third-order valence-corrected chi connectivity index (χ3v) is 16.2. The third kappa shape index (κ3) is 20.4. The predicted molar refractivity (Wildman–Crippen MR) is 281 cm³/mol. The molecule has 2 aromatic rings. The molecule has 6 fully saturated rings. The van der Waals surface area contributed by atoms with Crippen molar-refractivity contribution in [3.8, 4) is 0 Å². The van der Waals surface area contributed by atoms with Gasteiger partial charge in [0.05, 0.1) is 78.8 Å². The Morgan fingerprint density at radius 1 is 0.598 bits per heavy atom. The number of esters is 4. The average molecular weight is 1300 g/mol. The summed E-state index contributed by atoms with van der Waals surface area (Å²) < 4.78 is 204. The molecule has 2 heterocycles. The molecule has 0 aromatic heterocycles. The molecule has 21 nitrogen and oxygen atoms in total. The van der Waals surface area contributed by atoms with Gasteiger partial charge in [0.15, 0.2) is 20.2 Å². The average Bonchev–Trinajstić information content (AvgIpc) is 1.61. The first kappa shape index (κ1) is 73.7. The normalized spacial score (nSPS) is 25.3. The summed E-state index contributed by atoms with van der Waals surface area (Å²) >= 11 is 0. The zero-order valence-electron chi connectivity index (χ0n) is 48.7. The van der Waals surface area contributed by atoms with Crippen molar-refractivity contribution in [3.05, 3.63) is 71.8 Å². The van der Waals surface area contributed by atoms with Crippen LogP contribution < -0.4 is 10.6 Å². The number of halogens is 10. The van der Waals surface area contributed by atoms with Gasteiger partial charge in [0, 0.05) is 36.1 Å². The van der Waals surface area contributed by atoms with Crippen molar-refractivity contribution in [3.63, 3.8) is 0 Å². The summed E-state index contributed by atoms with van der Waals surface area (Å²) in [5.74, 6) is -5.42. The molecule has 33 heteroatoms. The van der Waals surface area contributed by atoms with Crippen molar-refractivity contribution in [2.24, 2.45) is 47.3 Å². The number of hydrogen-bond acceptors (Lipinski definition) is 17. The third-order valence-electron chi connectivity index (χ3n) is 14.4. The maximum absolute atomic E-state index is 13.3. The maximum atomic E-state index is 13.3. The van der Waals surface area contributed by atoms with Gasteiger partial charge < -0.3 is 52.8 Å². The number of nitrogens with one attached hydrogen (secondary N) is 2. The topological polar surface area (TPSA) is 298 Å². The van der Waals surface area contributed by atoms with Gasteiger partial charge in [-0.2, -0.15) is 43.9 Å². The lowest BCUT2D eigenvalue weighted by atomic mass is 9.79. The number of quaternary nitrogens is 2. The molecule has 2 saturated heterocycles. The van der Waals surface area contributed by atoms with Crippen LogP contribution in [-0.2, 0) is 81.0 Å². The lowest BCUT2D eigenvalue weighted by molar-refractivity contribution is -0.884. The van der Waals surface area contributed by atoms with Crippen molar-refractivity contribution >= 4 is 55.9 Å². The van der Waals surface area contributed by atoms with Crippen LogP contribution in [0.15, 0.2) is 60.7 Å². The first-order valence-electron chi connectivity index (χ1n) is 27.0. The van der Waals surface area contributed by atoms with E-state index in [-0.39, 0.29) is 78.5 Å². The van der Waals surface area contributed by atoms with Gasteiger partial charge in [-0.3, -0.25) is 28.8 Å². The molecule has 12 unspecified atom stereocenters. The second-order valence-corrected chi connectivity index (χ2v) is 27.7. The van der Waals surface area contributed by atoms with Gasteiger partial charge in [-0.1, -0.05) is 60.7 Å². The van der Waals surface area contributed by atoms with Crippen LogP contribution >= 0.6 is 0 Å². The molecule has 4 aliphatic carbocycles. The fraction of sp³-hybridized carbons (Fsp3) is 0.667. The van der Waals surface area contributed by atoms with Crippen LogP contribution in [0.1, 0.15) is 70.4 Å². The highest BCUT2D eigenvalue weighted by Crippen LogP contribution is 2.59. The molecule has 4 bridgehead atoms. The largest absolute Gasteiger partial charge is 0.743 e. The molecular weight excluding hydrogens is 1230 g/mol. The summed E-state index contributed by atoms with van der Waals surface area (Å²) in [6, 6.07) is 21.1. The van der Waals surface area contributed by atoms with Crippen molar-refractivity contribution in [1.29, 1.82) is 0 Å². The molecule has 6 aliphatic rings. The van der Waals surface area contributed by atoms with E-state index in [1.165, 1.54) is 11.1 Å². The monoisotopic (exact) mass is 1300 g/mol. The van der Waals surface area contributed by atoms with Crippen molar-refractivity contribution in [2.75, 3.05) is 55.4 Å². The van der Waals surface area contributed by atoms with E-state index in [0.29, 0.717) is 12.8 Å². The van der Waals surface area contributed by atoms with E-state index in [1.54, 1.807) is 20.8 Å². The number of hydrogen-bond donors (Lipinski definition) is 3. The van der Waals surface area contributed by atoms with Crippen molar-refractivity contribution in [1.82, 2.24) is 10.6 Å². The van der Waals surface area contributed by atoms with E-state index in [1.807, 2.05) is 0 Å². The first-order valence-corrected chi connectivity index (χ1v) is 29.8. The second-order valence-electron chi connectivity index (χ2n) is 24.8. The first-order chi connectivity index (χ1) is 39.5. The zero-order chi connectivity index (χ0) is 66.4. The van der Waals surface area contributed by atoms with Gasteiger partial charge in [0.2, 0.25) is 17.9 Å². The molecule has 4 saturated carbocycles. The van der Waals surface area contributed by atoms with Gasteiger partial charge in [0.1, 0.15) is 30.9 Å². The number of benzene rings is 2. The zero-order valence-corrected chi connectivity index (χ0v) is 50.4. The van der Waals surface area contributed by atoms with Crippen molar-refractivity contribution in [2.45, 2.75) is 125 Å². The minimum absolute atomic E-state index is 0.0355.